The molecule has 0 aliphatic heterocycles. The third-order valence-electron chi connectivity index (χ3n) is 21.2. The molecule has 0 aromatic carbocycles. The fraction of sp³-hybridized carbons (Fsp3) is 0.846. The number of hydrogen-bond acceptors (Lipinski definition) is 28. The fourth-order valence-electron chi connectivity index (χ4n) is 18.8. The molecule has 0 aromatic rings. The predicted molar refractivity (Wildman–Crippen MR) is 454 cm³/mol. The topological polar surface area (TPSA) is 428 Å². The van der Waals surface area contributed by atoms with Crippen LogP contribution in [0.5, 0.6) is 0 Å². The fourth-order valence-corrected chi connectivity index (χ4v) is 18.8. The summed E-state index contributed by atoms with van der Waals surface area (Å²) < 4.78 is 65.2. The molecular formula is C91H154KN5O26. The third kappa shape index (κ3) is 51.7. The van der Waals surface area contributed by atoms with Gasteiger partial charge in [0.05, 0.1) is 77.2 Å². The minimum atomic E-state index is -1.72. The zero-order valence-corrected chi connectivity index (χ0v) is 83.1. The predicted octanol–water partition coefficient (Wildman–Crippen LogP) is 10.0. The first-order valence-corrected chi connectivity index (χ1v) is 43.5. The summed E-state index contributed by atoms with van der Waals surface area (Å²) in [5, 5.41) is 27.7. The third-order valence-corrected chi connectivity index (χ3v) is 21.2. The molecule has 0 bridgehead atoms. The van der Waals surface area contributed by atoms with Crippen LogP contribution in [0.25, 0.3) is 0 Å². The Morgan fingerprint density at radius 2 is 0.846 bits per heavy atom. The van der Waals surface area contributed by atoms with Crippen molar-refractivity contribution in [3.8, 4) is 6.26 Å². The van der Waals surface area contributed by atoms with E-state index in [0.717, 1.165) is 51.4 Å². The number of rotatable bonds is 44. The Labute approximate surface area is 776 Å². The van der Waals surface area contributed by atoms with E-state index in [4.69, 9.17) is 57.4 Å². The van der Waals surface area contributed by atoms with Gasteiger partial charge in [-0.15, -0.1) is 5.60 Å². The van der Waals surface area contributed by atoms with Crippen LogP contribution in [0.2, 0.25) is 0 Å². The largest absolute Gasteiger partial charge is 1.00 e. The number of aliphatic imine (C=N–C) groups is 1. The van der Waals surface area contributed by atoms with Gasteiger partial charge in [0.1, 0.15) is 61.7 Å². The number of hydrogen-bond donors (Lipinski definition) is 3. The number of ether oxygens (including phenoxy) is 12. The molecule has 0 radical (unpaired) electrons. The Balaban J connectivity index is 0.00000215. The molecule has 4 aliphatic rings. The SMILES string of the molecule is CC(C)(C)[O-].CC(COC(=O)NC1(C)CC(COC#N)CC(C)(C)C1)OCC(C)OCC(C)OC(=O)CC1CC(C)(C)CC(C)(CN=C=O)C1.CCOC(=O)C(C(=O)NCC1(C)CC(CC(=O)OC(C)COC(C)COC(C)COC(=O)NC2(C)CC(CCC(=O)C(C(C)=O)C(C)=O)CC(C)(C)C2)CC(C)(C)C1)C(=O)OCC.CCOC(=O)CC(C)=O.[K+]. The maximum atomic E-state index is 13.1. The van der Waals surface area contributed by atoms with Crippen LogP contribution in [0.15, 0.2) is 4.99 Å². The summed E-state index contributed by atoms with van der Waals surface area (Å²) in [6.45, 7) is 52.1. The van der Waals surface area contributed by atoms with Crippen LogP contribution in [0, 0.1) is 79.5 Å². The molecule has 3 amide bonds. The first kappa shape index (κ1) is 117. The molecule has 3 N–H and O–H groups in total. The second-order valence-electron chi connectivity index (χ2n) is 40.2. The summed E-state index contributed by atoms with van der Waals surface area (Å²) in [7, 11) is 0. The minimum Gasteiger partial charge on any atom is -0.850 e. The molecule has 0 heterocycles. The van der Waals surface area contributed by atoms with Crippen LogP contribution < -0.4 is 72.4 Å². The van der Waals surface area contributed by atoms with Gasteiger partial charge in [-0.25, -0.2) is 19.4 Å². The number of nitriles is 1. The van der Waals surface area contributed by atoms with Crippen molar-refractivity contribution in [3.05, 3.63) is 0 Å². The number of amides is 3. The first-order valence-electron chi connectivity index (χ1n) is 43.5. The summed E-state index contributed by atoms with van der Waals surface area (Å²) in [6.07, 6.45) is 10.5. The molecule has 123 heavy (non-hydrogen) atoms. The summed E-state index contributed by atoms with van der Waals surface area (Å²) in [5.74, 6) is -7.65. The van der Waals surface area contributed by atoms with E-state index >= 15 is 0 Å². The van der Waals surface area contributed by atoms with E-state index in [9.17, 15) is 67.4 Å². The molecule has 32 heteroatoms. The standard InChI is InChI=1S/C47H78N2O14.C34H57N3O8.C6H10O3.C4H9O.K/c1-14-58-41(55)39(42(56)59-15-2)40(54)48-28-46(12)21-35(20-44(8,9)26-46)18-37(53)63-31(5)25-61-29(3)23-60-30(4)24-62-43(57)49-47(13)22-34(19-45(10,11)27-47)16-17-36(52)38(32(6)50)33(7)51;1-24(43-17-26(3)45-29(39)10-27-11-31(4,5)19-33(8,13-27)21-36-23-38)15-42-25(2)16-44-30(40)37-34(9)14-28(18-41-22-35)12-32(6,7)20-34;1-3-9-6(8)4-5(2)7;1-4(2,3)5;/h29-31,34-35,38-39H,14-28H2,1-13H3,(H,48,54)(H,49,57);24-28H,10-21H2,1-9H3,(H,37,40);3-4H2,1-2H3;1-3H3;/q;;;-1;+1. The van der Waals surface area contributed by atoms with Gasteiger partial charge in [0.15, 0.2) is 5.78 Å². The van der Waals surface area contributed by atoms with Crippen molar-refractivity contribution >= 4 is 77.2 Å². The van der Waals surface area contributed by atoms with Crippen LogP contribution in [0.1, 0.15) is 296 Å². The van der Waals surface area contributed by atoms with Gasteiger partial charge in [-0.3, -0.25) is 47.9 Å². The normalized spacial score (nSPS) is 24.2. The molecule has 14 unspecified atom stereocenters. The molecule has 4 saturated carbocycles. The monoisotopic (exact) mass is 1770 g/mol. The smallest absolute Gasteiger partial charge is 0.850 e. The van der Waals surface area contributed by atoms with E-state index in [1.807, 2.05) is 41.5 Å². The molecule has 31 nitrogen and oxygen atoms in total. The van der Waals surface area contributed by atoms with Gasteiger partial charge in [-0.1, -0.05) is 90.0 Å². The number of ketones is 4. The molecular weight excluding hydrogens is 1620 g/mol. The Morgan fingerprint density at radius 3 is 1.24 bits per heavy atom. The van der Waals surface area contributed by atoms with Gasteiger partial charge >= 0.3 is 93.4 Å². The Hall–Kier alpha value is -5.85. The van der Waals surface area contributed by atoms with Gasteiger partial charge in [-0.05, 0) is 237 Å². The van der Waals surface area contributed by atoms with E-state index in [1.165, 1.54) is 20.8 Å². The number of alkyl carbamates (subject to hydrolysis) is 2. The van der Waals surface area contributed by atoms with E-state index in [2.05, 4.69) is 88.0 Å². The molecule has 700 valence electrons. The number of isocyanates is 1. The van der Waals surface area contributed by atoms with Crippen LogP contribution in [-0.2, 0) is 110 Å². The average Bonchev–Trinajstić information content (AvgIpc) is 0.797. The summed E-state index contributed by atoms with van der Waals surface area (Å²) >= 11 is 0. The van der Waals surface area contributed by atoms with Crippen LogP contribution in [-0.4, -0.2) is 210 Å². The molecule has 4 fully saturated rings. The van der Waals surface area contributed by atoms with Crippen molar-refractivity contribution in [3.63, 3.8) is 0 Å². The summed E-state index contributed by atoms with van der Waals surface area (Å²) in [4.78, 5) is 161. The van der Waals surface area contributed by atoms with E-state index < -0.39 is 99.8 Å². The number of carbonyl (C=O) groups excluding carboxylic acids is 13. The van der Waals surface area contributed by atoms with E-state index in [0.29, 0.717) is 58.3 Å². The second kappa shape index (κ2) is 55.1. The Morgan fingerprint density at radius 1 is 0.480 bits per heavy atom. The summed E-state index contributed by atoms with van der Waals surface area (Å²) in [5.41, 5.74) is -2.59. The number of nitrogens with one attached hydrogen (secondary N) is 3. The van der Waals surface area contributed by atoms with E-state index in [1.54, 1.807) is 74.6 Å². The van der Waals surface area contributed by atoms with Crippen molar-refractivity contribution in [2.45, 2.75) is 349 Å². The number of nitrogens with zero attached hydrogens (tertiary/aromatic N) is 2. The van der Waals surface area contributed by atoms with E-state index in [-0.39, 0.29) is 223 Å². The van der Waals surface area contributed by atoms with Gasteiger partial charge in [-0.2, -0.15) is 5.26 Å². The van der Waals surface area contributed by atoms with Crippen LogP contribution in [0.3, 0.4) is 0 Å². The van der Waals surface area contributed by atoms with Crippen LogP contribution in [0.4, 0.5) is 9.59 Å². The van der Waals surface area contributed by atoms with Crippen molar-refractivity contribution in [2.24, 2.45) is 73.0 Å². The molecule has 4 aliphatic carbocycles. The second-order valence-corrected chi connectivity index (χ2v) is 40.2. The Bertz CT molecular complexity index is 3420. The van der Waals surface area contributed by atoms with Gasteiger partial charge in [0, 0.05) is 36.9 Å². The van der Waals surface area contributed by atoms with Crippen molar-refractivity contribution in [1.29, 1.82) is 5.26 Å². The molecule has 4 rings (SSSR count). The van der Waals surface area contributed by atoms with Crippen LogP contribution >= 0.6 is 0 Å². The molecule has 14 atom stereocenters. The maximum absolute atomic E-state index is 13.1. The first-order chi connectivity index (χ1) is 56.2. The molecule has 0 saturated heterocycles. The Kier molecular flexibility index (Phi) is 52.5. The maximum Gasteiger partial charge on any atom is 1.00 e. The number of carbonyl (C=O) groups is 12. The van der Waals surface area contributed by atoms with Gasteiger partial charge < -0.3 is 77.9 Å². The summed E-state index contributed by atoms with van der Waals surface area (Å²) in [6, 6.07) is 0. The van der Waals surface area contributed by atoms with Gasteiger partial charge in [0.2, 0.25) is 17.9 Å². The van der Waals surface area contributed by atoms with Crippen molar-refractivity contribution in [2.75, 3.05) is 79.2 Å². The minimum absolute atomic E-state index is 0. The number of esters is 5. The average molecular weight is 1770 g/mol. The molecule has 0 aromatic heterocycles. The van der Waals surface area contributed by atoms with Crippen molar-refractivity contribution < 1.29 is 176 Å². The molecule has 0 spiro atoms. The zero-order valence-electron chi connectivity index (χ0n) is 79.9. The number of Topliss-reactive ketones (excluding diaryl/α,β-unsaturated/α-hetero) is 4. The quantitative estimate of drug-likeness (QED) is 0.00970. The van der Waals surface area contributed by atoms with Crippen molar-refractivity contribution in [1.82, 2.24) is 16.0 Å². The zero-order chi connectivity index (χ0) is 93.6. The van der Waals surface area contributed by atoms with Gasteiger partial charge in [0.25, 0.3) is 6.26 Å².